The minimum atomic E-state index is -1.52. The SMILES string of the molecule is CC(=O)OCCCCCCCCCCCCCCCCO[C@H]1[C@H](n2ccc(=O)[nH]c2=O)O[C@@H]2C(O)[C@@]21O. The molecule has 2 fully saturated rings. The lowest BCUT2D eigenvalue weighted by atomic mass is 10.0. The van der Waals surface area contributed by atoms with Crippen LogP contribution in [0.4, 0.5) is 0 Å². The lowest BCUT2D eigenvalue weighted by Crippen LogP contribution is -2.43. The number of nitrogens with zero attached hydrogens (tertiary/aromatic N) is 1. The van der Waals surface area contributed by atoms with Crippen molar-refractivity contribution in [1.82, 2.24) is 9.55 Å². The Morgan fingerprint density at radius 1 is 0.946 bits per heavy atom. The number of fused-ring (bicyclic) bond motifs is 1. The van der Waals surface area contributed by atoms with Crippen LogP contribution in [0.5, 0.6) is 0 Å². The molecule has 0 bridgehead atoms. The molecule has 1 unspecified atom stereocenters. The third kappa shape index (κ3) is 8.49. The number of aromatic amines is 1. The van der Waals surface area contributed by atoms with Crippen molar-refractivity contribution in [1.29, 1.82) is 0 Å². The minimum Gasteiger partial charge on any atom is -0.466 e. The maximum absolute atomic E-state index is 12.1. The first-order valence-electron chi connectivity index (χ1n) is 14.0. The summed E-state index contributed by atoms with van der Waals surface area (Å²) in [6, 6.07) is 1.21. The first-order chi connectivity index (χ1) is 17.9. The zero-order chi connectivity index (χ0) is 26.7. The van der Waals surface area contributed by atoms with Gasteiger partial charge in [0.2, 0.25) is 0 Å². The van der Waals surface area contributed by atoms with E-state index in [0.29, 0.717) is 13.2 Å². The number of H-pyrrole nitrogens is 1. The first-order valence-corrected chi connectivity index (χ1v) is 14.0. The molecule has 0 amide bonds. The normalized spacial score (nSPS) is 26.2. The third-order valence-corrected chi connectivity index (χ3v) is 7.37. The number of aliphatic hydroxyl groups is 2. The summed E-state index contributed by atoms with van der Waals surface area (Å²) in [6.07, 6.45) is 14.1. The molecule has 2 heterocycles. The summed E-state index contributed by atoms with van der Waals surface area (Å²) in [6.45, 7) is 2.39. The van der Waals surface area contributed by atoms with Crippen LogP contribution in [-0.4, -0.2) is 62.9 Å². The predicted molar refractivity (Wildman–Crippen MR) is 137 cm³/mol. The average Bonchev–Trinajstić information content (AvgIpc) is 3.22. The van der Waals surface area contributed by atoms with Gasteiger partial charge in [-0.3, -0.25) is 19.1 Å². The molecule has 0 aromatic carbocycles. The summed E-state index contributed by atoms with van der Waals surface area (Å²) in [5.41, 5.74) is -2.68. The number of ether oxygens (including phenoxy) is 3. The topological polar surface area (TPSA) is 140 Å². The number of carbonyl (C=O) groups excluding carboxylic acids is 1. The number of aromatic nitrogens is 2. The fourth-order valence-electron chi connectivity index (χ4n) is 5.11. The van der Waals surface area contributed by atoms with Gasteiger partial charge in [-0.2, -0.15) is 0 Å². The third-order valence-electron chi connectivity index (χ3n) is 7.37. The largest absolute Gasteiger partial charge is 0.466 e. The van der Waals surface area contributed by atoms with Gasteiger partial charge in [-0.15, -0.1) is 0 Å². The van der Waals surface area contributed by atoms with E-state index in [1.54, 1.807) is 0 Å². The summed E-state index contributed by atoms with van der Waals surface area (Å²) in [5.74, 6) is -0.194. The highest BCUT2D eigenvalue weighted by molar-refractivity contribution is 5.65. The van der Waals surface area contributed by atoms with Crippen molar-refractivity contribution in [2.45, 2.75) is 127 Å². The van der Waals surface area contributed by atoms with Gasteiger partial charge in [0.15, 0.2) is 11.8 Å². The molecule has 1 aromatic rings. The van der Waals surface area contributed by atoms with Crippen molar-refractivity contribution in [3.63, 3.8) is 0 Å². The zero-order valence-corrected chi connectivity index (χ0v) is 22.1. The maximum Gasteiger partial charge on any atom is 0.330 e. The maximum atomic E-state index is 12.1. The Hall–Kier alpha value is -2.01. The van der Waals surface area contributed by atoms with E-state index in [2.05, 4.69) is 4.98 Å². The van der Waals surface area contributed by atoms with Crippen LogP contribution >= 0.6 is 0 Å². The predicted octanol–water partition coefficient (Wildman–Crippen LogP) is 2.95. The van der Waals surface area contributed by atoms with E-state index >= 15 is 0 Å². The Balaban J connectivity index is 1.17. The van der Waals surface area contributed by atoms with E-state index in [1.807, 2.05) is 0 Å². The number of hydrogen-bond donors (Lipinski definition) is 3. The van der Waals surface area contributed by atoms with Crippen molar-refractivity contribution in [3.8, 4) is 0 Å². The van der Waals surface area contributed by atoms with Gasteiger partial charge in [0.05, 0.1) is 6.61 Å². The lowest BCUT2D eigenvalue weighted by molar-refractivity contribution is -0.141. The average molecular weight is 525 g/mol. The van der Waals surface area contributed by atoms with Crippen molar-refractivity contribution >= 4 is 5.97 Å². The van der Waals surface area contributed by atoms with Crippen molar-refractivity contribution in [3.05, 3.63) is 33.1 Å². The molecular formula is C27H44N2O8. The quantitative estimate of drug-likeness (QED) is 0.185. The van der Waals surface area contributed by atoms with Gasteiger partial charge in [-0.25, -0.2) is 4.79 Å². The molecule has 1 aliphatic carbocycles. The van der Waals surface area contributed by atoms with E-state index in [1.165, 1.54) is 81.5 Å². The number of carbonyl (C=O) groups is 1. The fourth-order valence-corrected chi connectivity index (χ4v) is 5.11. The Kier molecular flexibility index (Phi) is 11.8. The molecular weight excluding hydrogens is 480 g/mol. The second-order valence-electron chi connectivity index (χ2n) is 10.4. The molecule has 10 heteroatoms. The number of rotatable bonds is 19. The van der Waals surface area contributed by atoms with E-state index < -0.39 is 41.4 Å². The highest BCUT2D eigenvalue weighted by Gasteiger charge is 2.77. The van der Waals surface area contributed by atoms with E-state index in [0.717, 1.165) is 32.1 Å². The van der Waals surface area contributed by atoms with Gasteiger partial charge in [0, 0.05) is 25.8 Å². The number of hydrogen-bond acceptors (Lipinski definition) is 8. The van der Waals surface area contributed by atoms with Gasteiger partial charge < -0.3 is 24.4 Å². The van der Waals surface area contributed by atoms with Crippen molar-refractivity contribution in [2.75, 3.05) is 13.2 Å². The first kappa shape index (κ1) is 29.5. The number of aliphatic hydroxyl groups excluding tert-OH is 1. The molecule has 5 atom stereocenters. The standard InChI is InChI=1S/C27H44N2O8/c1-20(30)35-18-14-12-10-8-6-4-2-3-5-7-9-11-13-15-19-36-24-25(37-23-22(32)27(23,24)34)29-17-16-21(31)28-26(29)33/h16-17,22-25,32,34H,2-15,18-19H2,1H3,(H,28,31,33)/t22?,23-,24+,25-,27-/m1/s1. The van der Waals surface area contributed by atoms with Crippen LogP contribution in [0.2, 0.25) is 0 Å². The summed E-state index contributed by atoms with van der Waals surface area (Å²) in [5, 5.41) is 20.7. The van der Waals surface area contributed by atoms with Crippen molar-refractivity contribution < 1.29 is 29.2 Å². The fraction of sp³-hybridized carbons (Fsp3) is 0.815. The van der Waals surface area contributed by atoms with Crippen molar-refractivity contribution in [2.24, 2.45) is 0 Å². The molecule has 37 heavy (non-hydrogen) atoms. The van der Waals surface area contributed by atoms with Crippen LogP contribution in [0.1, 0.15) is 103 Å². The molecule has 2 aliphatic rings. The van der Waals surface area contributed by atoms with Gasteiger partial charge in [-0.1, -0.05) is 77.0 Å². The molecule has 3 N–H and O–H groups in total. The highest BCUT2D eigenvalue weighted by Crippen LogP contribution is 2.54. The molecule has 1 saturated carbocycles. The molecule has 1 aromatic heterocycles. The van der Waals surface area contributed by atoms with Crippen LogP contribution in [0, 0.1) is 0 Å². The number of nitrogens with one attached hydrogen (secondary N) is 1. The Bertz CT molecular complexity index is 947. The molecule has 0 radical (unpaired) electrons. The second kappa shape index (κ2) is 14.8. The smallest absolute Gasteiger partial charge is 0.330 e. The Morgan fingerprint density at radius 3 is 1.97 bits per heavy atom. The minimum absolute atomic E-state index is 0.194. The zero-order valence-electron chi connectivity index (χ0n) is 22.1. The van der Waals surface area contributed by atoms with Crippen LogP contribution in [0.3, 0.4) is 0 Å². The lowest BCUT2D eigenvalue weighted by Gasteiger charge is -2.27. The van der Waals surface area contributed by atoms with Crippen LogP contribution in [-0.2, 0) is 19.0 Å². The highest BCUT2D eigenvalue weighted by atomic mass is 16.6. The number of unbranched alkanes of at least 4 members (excludes halogenated alkanes) is 13. The second-order valence-corrected chi connectivity index (χ2v) is 10.4. The summed E-state index contributed by atoms with van der Waals surface area (Å²) >= 11 is 0. The molecule has 10 nitrogen and oxygen atoms in total. The van der Waals surface area contributed by atoms with E-state index in [4.69, 9.17) is 14.2 Å². The number of esters is 1. The monoisotopic (exact) mass is 524 g/mol. The summed E-state index contributed by atoms with van der Waals surface area (Å²) in [7, 11) is 0. The molecule has 1 aliphatic heterocycles. The summed E-state index contributed by atoms with van der Waals surface area (Å²) < 4.78 is 17.7. The Morgan fingerprint density at radius 2 is 1.46 bits per heavy atom. The van der Waals surface area contributed by atoms with Crippen LogP contribution < -0.4 is 11.2 Å². The molecule has 0 spiro atoms. The van der Waals surface area contributed by atoms with E-state index in [9.17, 15) is 24.6 Å². The molecule has 3 rings (SSSR count). The van der Waals surface area contributed by atoms with Gasteiger partial charge in [0.25, 0.3) is 5.56 Å². The van der Waals surface area contributed by atoms with E-state index in [-0.39, 0.29) is 5.97 Å². The van der Waals surface area contributed by atoms with Gasteiger partial charge in [0.1, 0.15) is 18.3 Å². The Labute approximate surface area is 218 Å². The summed E-state index contributed by atoms with van der Waals surface area (Å²) in [4.78, 5) is 36.4. The van der Waals surface area contributed by atoms with Crippen LogP contribution in [0.25, 0.3) is 0 Å². The van der Waals surface area contributed by atoms with Gasteiger partial charge in [-0.05, 0) is 12.8 Å². The van der Waals surface area contributed by atoms with Crippen LogP contribution in [0.15, 0.2) is 21.9 Å². The van der Waals surface area contributed by atoms with Gasteiger partial charge >= 0.3 is 11.7 Å². The molecule has 210 valence electrons. The molecule has 1 saturated heterocycles.